The molecule has 2 amide bonds. The molecule has 2 heterocycles. The third-order valence-corrected chi connectivity index (χ3v) is 6.07. The Labute approximate surface area is 169 Å². The van der Waals surface area contributed by atoms with Gasteiger partial charge in [-0.05, 0) is 40.2 Å². The summed E-state index contributed by atoms with van der Waals surface area (Å²) < 4.78 is 0.739. The number of hydrogen-bond acceptors (Lipinski definition) is 4. The van der Waals surface area contributed by atoms with Crippen molar-refractivity contribution < 1.29 is 9.59 Å². The molecule has 4 rings (SSSR count). The second-order valence-corrected chi connectivity index (χ2v) is 8.10. The molecule has 5 nitrogen and oxygen atoms in total. The highest BCUT2D eigenvalue weighted by molar-refractivity contribution is 9.10. The molecule has 136 valence electrons. The summed E-state index contributed by atoms with van der Waals surface area (Å²) in [5.74, 6) is -0.181. The summed E-state index contributed by atoms with van der Waals surface area (Å²) in [5.41, 5.74) is 2.21. The summed E-state index contributed by atoms with van der Waals surface area (Å²) in [5, 5.41) is 3.43. The molecule has 0 atom stereocenters. The van der Waals surface area contributed by atoms with E-state index in [9.17, 15) is 9.59 Å². The topological polar surface area (TPSA) is 62.3 Å². The highest BCUT2D eigenvalue weighted by Gasteiger charge is 2.25. The molecule has 1 N–H and O–H groups in total. The highest BCUT2D eigenvalue weighted by Crippen LogP contribution is 2.29. The van der Waals surface area contributed by atoms with Crippen molar-refractivity contribution in [1.82, 2.24) is 9.88 Å². The number of rotatable bonds is 3. The molecule has 1 aliphatic rings. The molecule has 0 fully saturated rings. The number of amides is 2. The van der Waals surface area contributed by atoms with E-state index < -0.39 is 0 Å². The molecule has 0 spiro atoms. The zero-order chi connectivity index (χ0) is 18.8. The van der Waals surface area contributed by atoms with E-state index >= 15 is 0 Å². The maximum Gasteiger partial charge on any atom is 0.258 e. The van der Waals surface area contributed by atoms with Gasteiger partial charge in [0.15, 0.2) is 5.13 Å². The van der Waals surface area contributed by atoms with Crippen molar-refractivity contribution in [3.8, 4) is 0 Å². The smallest absolute Gasteiger partial charge is 0.258 e. The number of fused-ring (bicyclic) bond motifs is 1. The monoisotopic (exact) mass is 441 g/mol. The Hall–Kier alpha value is -2.51. The largest absolute Gasteiger partial charge is 0.333 e. The minimum absolute atomic E-state index is 0.0217. The summed E-state index contributed by atoms with van der Waals surface area (Å²) in [7, 11) is 0. The summed E-state index contributed by atoms with van der Waals surface area (Å²) in [4.78, 5) is 32.5. The van der Waals surface area contributed by atoms with Gasteiger partial charge in [-0.25, -0.2) is 4.98 Å². The Kier molecular flexibility index (Phi) is 5.05. The number of halogens is 1. The molecule has 27 heavy (non-hydrogen) atoms. The van der Waals surface area contributed by atoms with Gasteiger partial charge in [-0.3, -0.25) is 14.9 Å². The number of nitrogens with one attached hydrogen (secondary N) is 1. The molecular formula is C20H16BrN3O2S. The van der Waals surface area contributed by atoms with Crippen LogP contribution >= 0.6 is 27.3 Å². The van der Waals surface area contributed by atoms with E-state index in [2.05, 4.69) is 26.2 Å². The van der Waals surface area contributed by atoms with Gasteiger partial charge in [0.2, 0.25) is 0 Å². The number of thiazole rings is 1. The van der Waals surface area contributed by atoms with E-state index in [0.717, 1.165) is 15.0 Å². The summed E-state index contributed by atoms with van der Waals surface area (Å²) in [6.45, 7) is 1.15. The Morgan fingerprint density at radius 3 is 2.59 bits per heavy atom. The fourth-order valence-corrected chi connectivity index (χ4v) is 4.48. The molecule has 1 aromatic heterocycles. The Balaban J connectivity index is 1.48. The number of nitrogens with zero attached hydrogens (tertiary/aromatic N) is 2. The van der Waals surface area contributed by atoms with E-state index in [1.165, 1.54) is 11.3 Å². The van der Waals surface area contributed by atoms with Gasteiger partial charge in [0.25, 0.3) is 11.8 Å². The number of carbonyl (C=O) groups excluding carboxylic acids is 2. The molecule has 0 saturated carbocycles. The molecule has 1 aliphatic heterocycles. The molecule has 2 aromatic carbocycles. The van der Waals surface area contributed by atoms with E-state index in [-0.39, 0.29) is 11.8 Å². The van der Waals surface area contributed by atoms with Gasteiger partial charge >= 0.3 is 0 Å². The van der Waals surface area contributed by atoms with Gasteiger partial charge in [0.05, 0.1) is 17.8 Å². The van der Waals surface area contributed by atoms with Crippen molar-refractivity contribution >= 4 is 44.2 Å². The molecule has 3 aromatic rings. The predicted octanol–water partition coefficient (Wildman–Crippen LogP) is 4.36. The number of benzene rings is 2. The van der Waals surface area contributed by atoms with Crippen molar-refractivity contribution in [1.29, 1.82) is 0 Å². The average Bonchev–Trinajstić information content (AvgIpc) is 3.09. The molecule has 0 aliphatic carbocycles. The van der Waals surface area contributed by atoms with Crippen molar-refractivity contribution in [3.63, 3.8) is 0 Å². The van der Waals surface area contributed by atoms with E-state index in [1.54, 1.807) is 6.07 Å². The van der Waals surface area contributed by atoms with Gasteiger partial charge < -0.3 is 4.90 Å². The number of aromatic nitrogens is 1. The van der Waals surface area contributed by atoms with Crippen molar-refractivity contribution in [2.24, 2.45) is 0 Å². The van der Waals surface area contributed by atoms with Gasteiger partial charge in [-0.2, -0.15) is 0 Å². The van der Waals surface area contributed by atoms with Crippen molar-refractivity contribution in [2.75, 3.05) is 11.9 Å². The standard InChI is InChI=1S/C20H16BrN3O2S/c21-15-9-5-4-8-14(15)18(25)23-20-22-16-10-11-24(12-17(16)27-20)19(26)13-6-2-1-3-7-13/h1-9H,10-12H2,(H,22,23,25). The lowest BCUT2D eigenvalue weighted by Gasteiger charge is -2.26. The van der Waals surface area contributed by atoms with Crippen LogP contribution in [0.25, 0.3) is 0 Å². The lowest BCUT2D eigenvalue weighted by molar-refractivity contribution is 0.0736. The van der Waals surface area contributed by atoms with Gasteiger partial charge in [-0.1, -0.05) is 41.7 Å². The zero-order valence-electron chi connectivity index (χ0n) is 14.3. The first-order valence-corrected chi connectivity index (χ1v) is 10.1. The molecule has 0 saturated heterocycles. The van der Waals surface area contributed by atoms with Gasteiger partial charge in [0.1, 0.15) is 0 Å². The maximum atomic E-state index is 12.7. The van der Waals surface area contributed by atoms with E-state index in [4.69, 9.17) is 0 Å². The average molecular weight is 442 g/mol. The second kappa shape index (κ2) is 7.62. The predicted molar refractivity (Wildman–Crippen MR) is 109 cm³/mol. The number of anilines is 1. The molecule has 7 heteroatoms. The summed E-state index contributed by atoms with van der Waals surface area (Å²) in [6.07, 6.45) is 0.690. The van der Waals surface area contributed by atoms with Gasteiger partial charge in [0, 0.05) is 27.9 Å². The van der Waals surface area contributed by atoms with Crippen LogP contribution in [0.5, 0.6) is 0 Å². The SMILES string of the molecule is O=C(Nc1nc2c(s1)CN(C(=O)c1ccccc1)CC2)c1ccccc1Br. The first-order valence-electron chi connectivity index (χ1n) is 8.50. The first kappa shape index (κ1) is 17.9. The third-order valence-electron chi connectivity index (χ3n) is 4.38. The second-order valence-electron chi connectivity index (χ2n) is 6.17. The van der Waals surface area contributed by atoms with Crippen molar-refractivity contribution in [2.45, 2.75) is 13.0 Å². The fourth-order valence-electron chi connectivity index (χ4n) is 3.00. The molecule has 0 radical (unpaired) electrons. The first-order chi connectivity index (χ1) is 13.1. The lowest BCUT2D eigenvalue weighted by Crippen LogP contribution is -2.35. The lowest BCUT2D eigenvalue weighted by atomic mass is 10.1. The minimum atomic E-state index is -0.203. The highest BCUT2D eigenvalue weighted by atomic mass is 79.9. The summed E-state index contributed by atoms with van der Waals surface area (Å²) in [6, 6.07) is 16.5. The van der Waals surface area contributed by atoms with Crippen LogP contribution in [-0.4, -0.2) is 28.2 Å². The van der Waals surface area contributed by atoms with E-state index in [0.29, 0.717) is 35.8 Å². The summed E-state index contributed by atoms with van der Waals surface area (Å²) >= 11 is 4.82. The van der Waals surface area contributed by atoms with E-state index in [1.807, 2.05) is 53.4 Å². The van der Waals surface area contributed by atoms with Crippen LogP contribution in [-0.2, 0) is 13.0 Å². The van der Waals surface area contributed by atoms with Crippen molar-refractivity contribution in [3.05, 3.63) is 80.8 Å². The Morgan fingerprint density at radius 1 is 1.07 bits per heavy atom. The van der Waals surface area contributed by atoms with Gasteiger partial charge in [-0.15, -0.1) is 0 Å². The number of hydrogen-bond donors (Lipinski definition) is 1. The van der Waals surface area contributed by atoms with Crippen LogP contribution < -0.4 is 5.32 Å². The quantitative estimate of drug-likeness (QED) is 0.656. The Bertz CT molecular complexity index is 1000. The van der Waals surface area contributed by atoms with Crippen LogP contribution in [0.15, 0.2) is 59.1 Å². The van der Waals surface area contributed by atoms with Crippen LogP contribution in [0.4, 0.5) is 5.13 Å². The maximum absolute atomic E-state index is 12.7. The van der Waals surface area contributed by atoms with Crippen LogP contribution in [0.3, 0.4) is 0 Å². The zero-order valence-corrected chi connectivity index (χ0v) is 16.7. The molecule has 0 bridgehead atoms. The molecular weight excluding hydrogens is 426 g/mol. The van der Waals surface area contributed by atoms with Crippen LogP contribution in [0.2, 0.25) is 0 Å². The minimum Gasteiger partial charge on any atom is -0.333 e. The number of carbonyl (C=O) groups is 2. The normalized spacial score (nSPS) is 13.1. The fraction of sp³-hybridized carbons (Fsp3) is 0.150. The third kappa shape index (κ3) is 3.79. The van der Waals surface area contributed by atoms with Crippen LogP contribution in [0.1, 0.15) is 31.3 Å². The Morgan fingerprint density at radius 2 is 1.81 bits per heavy atom. The van der Waals surface area contributed by atoms with Crippen LogP contribution in [0, 0.1) is 0 Å². The molecule has 0 unspecified atom stereocenters.